The number of amidine groups is 1. The lowest BCUT2D eigenvalue weighted by Gasteiger charge is -2.37. The molecule has 0 unspecified atom stereocenters. The highest BCUT2D eigenvalue weighted by Crippen LogP contribution is 2.27. The van der Waals surface area contributed by atoms with Gasteiger partial charge in [-0.3, -0.25) is 10.8 Å². The normalized spacial score (nSPS) is 18.4. The topological polar surface area (TPSA) is 63.4 Å². The lowest BCUT2D eigenvalue weighted by Crippen LogP contribution is -2.47. The van der Waals surface area contributed by atoms with E-state index in [9.17, 15) is 0 Å². The van der Waals surface area contributed by atoms with E-state index in [1.54, 1.807) is 12.1 Å². The van der Waals surface area contributed by atoms with Crippen LogP contribution in [0.5, 0.6) is 0 Å². The number of benzene rings is 2. The van der Waals surface area contributed by atoms with E-state index in [0.29, 0.717) is 21.8 Å². The van der Waals surface area contributed by atoms with Crippen LogP contribution in [0.4, 0.5) is 0 Å². The number of nitrogens with one attached hydrogen (secondary N) is 2. The summed E-state index contributed by atoms with van der Waals surface area (Å²) in [4.78, 5) is 2.13. The van der Waals surface area contributed by atoms with Crippen LogP contribution in [0.1, 0.15) is 29.5 Å². The average Bonchev–Trinajstić information content (AvgIpc) is 2.80. The number of hydrogen-bond acceptors (Lipinski definition) is 5. The summed E-state index contributed by atoms with van der Waals surface area (Å²) in [6.45, 7) is 5.30. The molecule has 2 aromatic carbocycles. The van der Waals surface area contributed by atoms with Crippen molar-refractivity contribution in [2.45, 2.75) is 18.1 Å². The Morgan fingerprint density at radius 3 is 2.20 bits per heavy atom. The smallest absolute Gasteiger partial charge is 0.128 e. The fraction of sp³-hybridized carbons (Fsp3) is 0.391. The van der Waals surface area contributed by atoms with E-state index >= 15 is 0 Å². The van der Waals surface area contributed by atoms with E-state index < -0.39 is 0 Å². The van der Waals surface area contributed by atoms with Crippen LogP contribution in [0.25, 0.3) is 0 Å². The summed E-state index contributed by atoms with van der Waals surface area (Å²) >= 11 is 7.96. The molecule has 0 aliphatic carbocycles. The van der Waals surface area contributed by atoms with Crippen LogP contribution in [-0.2, 0) is 4.74 Å². The standard InChI is InChI=1S/C23H27ClN4OS/c24-18-7-5-17(6-8-18)22(25)20-3-1-2-4-21(20)23(26)27-11-13-28(14-12-27)30-19-9-15-29-16-10-19/h1-8,19,25-26H,9-16H2. The van der Waals surface area contributed by atoms with Crippen LogP contribution in [0.2, 0.25) is 5.02 Å². The molecule has 0 spiro atoms. The SMILES string of the molecule is N=C(c1ccc(Cl)cc1)c1ccccc1C(=N)N1CCN(SC2CCOCC2)CC1. The predicted molar refractivity (Wildman–Crippen MR) is 125 cm³/mol. The lowest BCUT2D eigenvalue weighted by atomic mass is 9.96. The maximum Gasteiger partial charge on any atom is 0.128 e. The molecule has 2 aromatic rings. The molecule has 2 aliphatic heterocycles. The lowest BCUT2D eigenvalue weighted by molar-refractivity contribution is 0.0992. The maximum atomic E-state index is 8.84. The maximum absolute atomic E-state index is 8.84. The molecule has 0 aromatic heterocycles. The third kappa shape index (κ3) is 5.06. The summed E-state index contributed by atoms with van der Waals surface area (Å²) in [7, 11) is 0. The Hall–Kier alpha value is -1.86. The quantitative estimate of drug-likeness (QED) is 0.405. The first-order valence-electron chi connectivity index (χ1n) is 10.4. The Labute approximate surface area is 187 Å². The van der Waals surface area contributed by atoms with E-state index in [0.717, 1.165) is 68.9 Å². The van der Waals surface area contributed by atoms with Gasteiger partial charge in [0.15, 0.2) is 0 Å². The largest absolute Gasteiger partial charge is 0.381 e. The van der Waals surface area contributed by atoms with Crippen molar-refractivity contribution in [1.29, 1.82) is 10.8 Å². The Balaban J connectivity index is 1.41. The van der Waals surface area contributed by atoms with Crippen LogP contribution >= 0.6 is 23.5 Å². The zero-order chi connectivity index (χ0) is 20.9. The molecule has 5 nitrogen and oxygen atoms in total. The molecule has 2 saturated heterocycles. The third-order valence-corrected chi connectivity index (χ3v) is 7.29. The van der Waals surface area contributed by atoms with Gasteiger partial charge in [-0.25, -0.2) is 4.31 Å². The highest BCUT2D eigenvalue weighted by Gasteiger charge is 2.25. The molecule has 158 valence electrons. The second-order valence-corrected chi connectivity index (χ2v) is 9.44. The number of piperazine rings is 1. The Morgan fingerprint density at radius 1 is 0.900 bits per heavy atom. The number of rotatable bonds is 5. The van der Waals surface area contributed by atoms with Crippen LogP contribution in [-0.4, -0.2) is 65.4 Å². The molecule has 0 amide bonds. The van der Waals surface area contributed by atoms with Gasteiger partial charge in [0.1, 0.15) is 5.84 Å². The van der Waals surface area contributed by atoms with E-state index in [1.165, 1.54) is 0 Å². The molecule has 4 rings (SSSR count). The van der Waals surface area contributed by atoms with Gasteiger partial charge in [0.2, 0.25) is 0 Å². The fourth-order valence-electron chi connectivity index (χ4n) is 3.86. The van der Waals surface area contributed by atoms with Gasteiger partial charge < -0.3 is 9.64 Å². The van der Waals surface area contributed by atoms with E-state index in [2.05, 4.69) is 9.21 Å². The van der Waals surface area contributed by atoms with Crippen molar-refractivity contribution in [3.05, 3.63) is 70.2 Å². The van der Waals surface area contributed by atoms with Crippen molar-refractivity contribution in [3.8, 4) is 0 Å². The molecule has 0 radical (unpaired) electrons. The zero-order valence-electron chi connectivity index (χ0n) is 16.9. The highest BCUT2D eigenvalue weighted by atomic mass is 35.5. The van der Waals surface area contributed by atoms with Crippen molar-refractivity contribution in [1.82, 2.24) is 9.21 Å². The van der Waals surface area contributed by atoms with Crippen molar-refractivity contribution in [3.63, 3.8) is 0 Å². The van der Waals surface area contributed by atoms with Crippen molar-refractivity contribution >= 4 is 35.1 Å². The molecule has 0 saturated carbocycles. The average molecular weight is 443 g/mol. The van der Waals surface area contributed by atoms with Gasteiger partial charge in [-0.2, -0.15) is 0 Å². The van der Waals surface area contributed by atoms with Gasteiger partial charge in [-0.15, -0.1) is 0 Å². The molecule has 2 N–H and O–H groups in total. The van der Waals surface area contributed by atoms with E-state index in [-0.39, 0.29) is 0 Å². The minimum atomic E-state index is 0.417. The summed E-state index contributed by atoms with van der Waals surface area (Å²) < 4.78 is 7.91. The first kappa shape index (κ1) is 21.4. The number of hydrogen-bond donors (Lipinski definition) is 2. The summed E-state index contributed by atoms with van der Waals surface area (Å²) in [6, 6.07) is 15.1. The summed E-state index contributed by atoms with van der Waals surface area (Å²) in [5, 5.41) is 18.8. The van der Waals surface area contributed by atoms with E-state index in [4.69, 9.17) is 27.2 Å². The van der Waals surface area contributed by atoms with Gasteiger partial charge in [0.05, 0.1) is 5.71 Å². The van der Waals surface area contributed by atoms with Crippen molar-refractivity contribution in [2.75, 3.05) is 39.4 Å². The summed E-state index contributed by atoms with van der Waals surface area (Å²) in [5.74, 6) is 0.500. The fourth-order valence-corrected chi connectivity index (χ4v) is 5.18. The number of halogens is 1. The number of ether oxygens (including phenoxy) is 1. The van der Waals surface area contributed by atoms with Crippen molar-refractivity contribution < 1.29 is 4.74 Å². The van der Waals surface area contributed by atoms with Gasteiger partial charge >= 0.3 is 0 Å². The molecular formula is C23H27ClN4OS. The van der Waals surface area contributed by atoms with Crippen molar-refractivity contribution in [2.24, 2.45) is 0 Å². The summed E-state index contributed by atoms with van der Waals surface area (Å²) in [6.07, 6.45) is 2.25. The molecule has 0 bridgehead atoms. The van der Waals surface area contributed by atoms with Crippen LogP contribution < -0.4 is 0 Å². The summed E-state index contributed by atoms with van der Waals surface area (Å²) in [5.41, 5.74) is 2.81. The second kappa shape index (κ2) is 9.96. The molecular weight excluding hydrogens is 416 g/mol. The number of nitrogens with zero attached hydrogens (tertiary/aromatic N) is 2. The zero-order valence-corrected chi connectivity index (χ0v) is 18.5. The minimum absolute atomic E-state index is 0.417. The second-order valence-electron chi connectivity index (χ2n) is 7.61. The molecule has 7 heteroatoms. The third-order valence-electron chi connectivity index (χ3n) is 5.61. The Morgan fingerprint density at radius 2 is 1.53 bits per heavy atom. The first-order valence-corrected chi connectivity index (χ1v) is 11.6. The minimum Gasteiger partial charge on any atom is -0.381 e. The first-order chi connectivity index (χ1) is 14.6. The van der Waals surface area contributed by atoms with E-state index in [1.807, 2.05) is 48.3 Å². The highest BCUT2D eigenvalue weighted by molar-refractivity contribution is 7.97. The van der Waals surface area contributed by atoms with Gasteiger partial charge in [0.25, 0.3) is 0 Å². The molecule has 2 heterocycles. The molecule has 0 atom stereocenters. The van der Waals surface area contributed by atoms with Gasteiger partial charge in [-0.05, 0) is 25.0 Å². The Kier molecular flexibility index (Phi) is 7.10. The van der Waals surface area contributed by atoms with Crippen LogP contribution in [0.15, 0.2) is 48.5 Å². The monoisotopic (exact) mass is 442 g/mol. The Bertz CT molecular complexity index is 890. The van der Waals surface area contributed by atoms with Gasteiger partial charge in [-0.1, -0.05) is 59.9 Å². The molecule has 30 heavy (non-hydrogen) atoms. The van der Waals surface area contributed by atoms with Crippen LogP contribution in [0, 0.1) is 10.8 Å². The predicted octanol–water partition coefficient (Wildman–Crippen LogP) is 4.53. The molecule has 2 fully saturated rings. The molecule has 2 aliphatic rings. The van der Waals surface area contributed by atoms with Crippen LogP contribution in [0.3, 0.4) is 0 Å². The van der Waals surface area contributed by atoms with Gasteiger partial charge in [0, 0.05) is 66.4 Å².